The van der Waals surface area contributed by atoms with E-state index in [1.807, 2.05) is 33.8 Å². The van der Waals surface area contributed by atoms with Crippen LogP contribution in [0.4, 0.5) is 0 Å². The van der Waals surface area contributed by atoms with E-state index in [9.17, 15) is 9.59 Å². The zero-order valence-corrected chi connectivity index (χ0v) is 23.1. The molecule has 1 fully saturated rings. The molecule has 1 saturated carbocycles. The Labute approximate surface area is 215 Å². The number of hydrogen-bond acceptors (Lipinski definition) is 5. The normalized spacial score (nSPS) is 23.5. The number of pyridine rings is 1. The lowest BCUT2D eigenvalue weighted by molar-refractivity contribution is -0.123. The van der Waals surface area contributed by atoms with Gasteiger partial charge in [-0.25, -0.2) is 0 Å². The summed E-state index contributed by atoms with van der Waals surface area (Å²) in [4.78, 5) is 30.5. The summed E-state index contributed by atoms with van der Waals surface area (Å²) in [6, 6.07) is 3.68. The number of carbonyl (C=O) groups is 1. The van der Waals surface area contributed by atoms with Gasteiger partial charge < -0.3 is 24.7 Å². The Morgan fingerprint density at radius 2 is 1.80 bits per heavy atom. The van der Waals surface area contributed by atoms with E-state index in [4.69, 9.17) is 9.47 Å². The van der Waals surface area contributed by atoms with Gasteiger partial charge in [-0.2, -0.15) is 0 Å². The quantitative estimate of drug-likeness (QED) is 0.542. The molecule has 1 aromatic carbocycles. The number of aryl methyl sites for hydroxylation is 2. The van der Waals surface area contributed by atoms with Crippen LogP contribution < -0.4 is 20.3 Å². The van der Waals surface area contributed by atoms with Crippen molar-refractivity contribution >= 4 is 21.8 Å². The Bertz CT molecular complexity index is 1180. The van der Waals surface area contributed by atoms with Gasteiger partial charge in [0.1, 0.15) is 0 Å². The number of hydrogen-bond donors (Lipinski definition) is 2. The van der Waals surface area contributed by atoms with Crippen LogP contribution in [0.3, 0.4) is 0 Å². The number of benzene rings is 1. The largest absolute Gasteiger partial charge is 0.448 e. The van der Waals surface area contributed by atoms with Crippen LogP contribution in [-0.4, -0.2) is 42.2 Å². The minimum absolute atomic E-state index is 0.152. The number of ether oxygens (including phenoxy) is 2. The van der Waals surface area contributed by atoms with E-state index in [-0.39, 0.29) is 23.9 Å². The number of nitrogens with one attached hydrogen (secondary N) is 2. The molecule has 7 nitrogen and oxygen atoms in total. The molecule has 0 saturated heterocycles. The number of aromatic amines is 1. The molecular formula is C27H36BrN3O4. The van der Waals surface area contributed by atoms with Gasteiger partial charge in [0.15, 0.2) is 11.5 Å². The fourth-order valence-electron chi connectivity index (χ4n) is 5.50. The summed E-state index contributed by atoms with van der Waals surface area (Å²) < 4.78 is 13.6. The third-order valence-corrected chi connectivity index (χ3v) is 8.01. The van der Waals surface area contributed by atoms with Crippen LogP contribution in [0.1, 0.15) is 65.3 Å². The van der Waals surface area contributed by atoms with Crippen molar-refractivity contribution in [2.75, 3.05) is 20.6 Å². The zero-order valence-electron chi connectivity index (χ0n) is 21.5. The van der Waals surface area contributed by atoms with Crippen LogP contribution >= 0.6 is 15.9 Å². The fraction of sp³-hybridized carbons (Fsp3) is 0.556. The maximum absolute atomic E-state index is 13.1. The summed E-state index contributed by atoms with van der Waals surface area (Å²) in [5.41, 5.74) is 3.26. The molecule has 190 valence electrons. The maximum atomic E-state index is 13.1. The van der Waals surface area contributed by atoms with Crippen LogP contribution in [0.2, 0.25) is 0 Å². The maximum Gasteiger partial charge on any atom is 0.253 e. The van der Waals surface area contributed by atoms with Gasteiger partial charge in [-0.1, -0.05) is 0 Å². The Morgan fingerprint density at radius 1 is 1.14 bits per heavy atom. The van der Waals surface area contributed by atoms with E-state index >= 15 is 0 Å². The molecular weight excluding hydrogens is 510 g/mol. The lowest BCUT2D eigenvalue weighted by Gasteiger charge is -2.37. The van der Waals surface area contributed by atoms with Crippen molar-refractivity contribution in [1.29, 1.82) is 0 Å². The summed E-state index contributed by atoms with van der Waals surface area (Å²) in [5.74, 6) is 1.26. The molecule has 2 heterocycles. The van der Waals surface area contributed by atoms with Crippen LogP contribution in [0.25, 0.3) is 0 Å². The average Bonchev–Trinajstić information content (AvgIpc) is 3.15. The molecule has 1 aliphatic heterocycles. The van der Waals surface area contributed by atoms with Crippen molar-refractivity contribution in [2.24, 2.45) is 11.8 Å². The molecule has 1 amide bonds. The molecule has 1 atom stereocenters. The summed E-state index contributed by atoms with van der Waals surface area (Å²) >= 11 is 3.59. The second-order valence-electron chi connectivity index (χ2n) is 10.5. The van der Waals surface area contributed by atoms with Gasteiger partial charge in [-0.3, -0.25) is 9.59 Å². The van der Waals surface area contributed by atoms with Gasteiger partial charge in [0.25, 0.3) is 17.3 Å². The molecule has 0 radical (unpaired) electrons. The first-order chi connectivity index (χ1) is 16.5. The number of halogens is 1. The van der Waals surface area contributed by atoms with Gasteiger partial charge in [0.2, 0.25) is 0 Å². The van der Waals surface area contributed by atoms with Crippen LogP contribution in [0, 0.1) is 32.6 Å². The number of nitrogens with zero attached hydrogens (tertiary/aromatic N) is 1. The van der Waals surface area contributed by atoms with Crippen LogP contribution in [0.15, 0.2) is 21.4 Å². The van der Waals surface area contributed by atoms with Gasteiger partial charge in [0.05, 0.1) is 4.47 Å². The van der Waals surface area contributed by atoms with Gasteiger partial charge in [-0.05, 0) is 100 Å². The minimum atomic E-state index is -0.750. The summed E-state index contributed by atoms with van der Waals surface area (Å²) in [6.45, 7) is 8.88. The molecule has 2 aromatic rings. The number of carbonyl (C=O) groups excluding carboxylic acids is 1. The van der Waals surface area contributed by atoms with E-state index in [0.29, 0.717) is 33.0 Å². The van der Waals surface area contributed by atoms with Crippen LogP contribution in [0.5, 0.6) is 11.5 Å². The highest BCUT2D eigenvalue weighted by Gasteiger charge is 2.47. The first-order valence-corrected chi connectivity index (χ1v) is 13.1. The number of rotatable bonds is 6. The minimum Gasteiger partial charge on any atom is -0.448 e. The highest BCUT2D eigenvalue weighted by atomic mass is 79.9. The molecule has 2 N–H and O–H groups in total. The fourth-order valence-corrected chi connectivity index (χ4v) is 5.99. The topological polar surface area (TPSA) is 83.7 Å². The smallest absolute Gasteiger partial charge is 0.253 e. The first kappa shape index (κ1) is 25.8. The summed E-state index contributed by atoms with van der Waals surface area (Å²) in [7, 11) is 4.25. The number of H-pyrrole nitrogens is 1. The van der Waals surface area contributed by atoms with Crippen molar-refractivity contribution < 1.29 is 14.3 Å². The van der Waals surface area contributed by atoms with Crippen molar-refractivity contribution in [3.8, 4) is 11.5 Å². The van der Waals surface area contributed by atoms with E-state index in [1.54, 1.807) is 6.07 Å². The molecule has 1 unspecified atom stereocenters. The standard InChI is InChI=1S/C27H36BrN3O4/c1-15-11-16(2)30-26(33)21(15)13-29-25(32)20-12-22(28)24-23(17(20)3)34-27(4,35-24)19-9-7-18(8-10-19)14-31(5)6/h11-12,18-19H,7-10,13-14H2,1-6H3,(H,29,32)(H,30,33). The van der Waals surface area contributed by atoms with Crippen molar-refractivity contribution in [3.63, 3.8) is 0 Å². The lowest BCUT2D eigenvalue weighted by Crippen LogP contribution is -2.45. The predicted octanol–water partition coefficient (Wildman–Crippen LogP) is 4.85. The molecule has 0 spiro atoms. The van der Waals surface area contributed by atoms with Gasteiger partial charge in [0, 0.05) is 48.3 Å². The monoisotopic (exact) mass is 545 g/mol. The van der Waals surface area contributed by atoms with Crippen molar-refractivity contribution in [2.45, 2.75) is 65.7 Å². The second kappa shape index (κ2) is 9.97. The van der Waals surface area contributed by atoms with Gasteiger partial charge >= 0.3 is 0 Å². The van der Waals surface area contributed by atoms with E-state index in [0.717, 1.165) is 49.0 Å². The molecule has 1 aliphatic carbocycles. The van der Waals surface area contributed by atoms with Gasteiger partial charge in [-0.15, -0.1) is 0 Å². The number of amides is 1. The SMILES string of the molecule is Cc1cc(C)c(CNC(=O)c2cc(Br)c3c(c2C)OC(C)(C2CCC(CN(C)C)CC2)O3)c(=O)[nH]1. The molecule has 8 heteroatoms. The molecule has 0 bridgehead atoms. The summed E-state index contributed by atoms with van der Waals surface area (Å²) in [6.07, 6.45) is 4.43. The van der Waals surface area contributed by atoms with Crippen LogP contribution in [-0.2, 0) is 6.54 Å². The molecule has 35 heavy (non-hydrogen) atoms. The average molecular weight is 547 g/mol. The number of aromatic nitrogens is 1. The third kappa shape index (κ3) is 5.28. The second-order valence-corrected chi connectivity index (χ2v) is 11.4. The summed E-state index contributed by atoms with van der Waals surface area (Å²) in [5, 5.41) is 2.90. The predicted molar refractivity (Wildman–Crippen MR) is 140 cm³/mol. The number of fused-ring (bicyclic) bond motifs is 1. The van der Waals surface area contributed by atoms with Crippen molar-refractivity contribution in [3.05, 3.63) is 54.9 Å². The molecule has 1 aromatic heterocycles. The Balaban J connectivity index is 1.49. The highest BCUT2D eigenvalue weighted by molar-refractivity contribution is 9.10. The Hall–Kier alpha value is -2.32. The van der Waals surface area contributed by atoms with E-state index in [1.165, 1.54) is 0 Å². The Morgan fingerprint density at radius 3 is 2.43 bits per heavy atom. The molecule has 4 rings (SSSR count). The Kier molecular flexibility index (Phi) is 7.34. The van der Waals surface area contributed by atoms with E-state index in [2.05, 4.69) is 45.2 Å². The van der Waals surface area contributed by atoms with Crippen molar-refractivity contribution in [1.82, 2.24) is 15.2 Å². The first-order valence-electron chi connectivity index (χ1n) is 12.3. The zero-order chi connectivity index (χ0) is 25.5. The highest BCUT2D eigenvalue weighted by Crippen LogP contribution is 2.52. The third-order valence-electron chi connectivity index (χ3n) is 7.42. The van der Waals surface area contributed by atoms with E-state index < -0.39 is 5.79 Å². The molecule has 2 aliphatic rings. The lowest BCUT2D eigenvalue weighted by atomic mass is 9.78.